The first kappa shape index (κ1) is 28.8. The molecule has 0 saturated carbocycles. The van der Waals surface area contributed by atoms with Crippen LogP contribution < -0.4 is 11.3 Å². The summed E-state index contributed by atoms with van der Waals surface area (Å²) in [5.41, 5.74) is 7.06. The number of aromatic amines is 1. The molecular weight excluding hydrogens is 552 g/mol. The second-order valence-electron chi connectivity index (χ2n) is 10.2. The molecule has 0 amide bonds. The summed E-state index contributed by atoms with van der Waals surface area (Å²) in [6.07, 6.45) is 2.11. The standard InChI is InChI=1S/C32H30N6O3.ClH/c1-4-9-27-26(31(39)38(20(2)33-27)19-28-25-12-7-8-13-29(25)37(3)35-28)18-21-14-16-22(17-15-21)23-10-5-6-11-24(23)30-34-32(40)41-36-30;/h5-8,10-17H,4,9,18-19H2,1-3H3,(H,34,36,40);1H. The van der Waals surface area contributed by atoms with E-state index < -0.39 is 5.76 Å². The Kier molecular flexibility index (Phi) is 8.22. The summed E-state index contributed by atoms with van der Waals surface area (Å²) >= 11 is 0. The second kappa shape index (κ2) is 12.0. The van der Waals surface area contributed by atoms with Gasteiger partial charge in [0.05, 0.1) is 23.4 Å². The summed E-state index contributed by atoms with van der Waals surface area (Å²) in [5, 5.41) is 9.59. The zero-order valence-electron chi connectivity index (χ0n) is 23.6. The van der Waals surface area contributed by atoms with Crippen LogP contribution in [0.25, 0.3) is 33.4 Å². The molecule has 0 bridgehead atoms. The number of rotatable bonds is 8. The average Bonchev–Trinajstić information content (AvgIpc) is 3.56. The zero-order valence-corrected chi connectivity index (χ0v) is 24.4. The maximum absolute atomic E-state index is 14.0. The lowest BCUT2D eigenvalue weighted by Gasteiger charge is -2.15. The summed E-state index contributed by atoms with van der Waals surface area (Å²) in [5.74, 6) is 0.474. The van der Waals surface area contributed by atoms with Crippen molar-refractivity contribution in [2.45, 2.75) is 39.7 Å². The highest BCUT2D eigenvalue weighted by Crippen LogP contribution is 2.30. The lowest BCUT2D eigenvalue weighted by Crippen LogP contribution is -2.30. The normalized spacial score (nSPS) is 11.1. The van der Waals surface area contributed by atoms with Crippen molar-refractivity contribution < 1.29 is 4.52 Å². The number of nitrogens with zero attached hydrogens (tertiary/aromatic N) is 5. The Morgan fingerprint density at radius 2 is 1.62 bits per heavy atom. The maximum Gasteiger partial charge on any atom is 0.439 e. The van der Waals surface area contributed by atoms with Gasteiger partial charge in [0.15, 0.2) is 5.82 Å². The fraction of sp³-hybridized carbons (Fsp3) is 0.219. The van der Waals surface area contributed by atoms with Gasteiger partial charge in [-0.1, -0.05) is 85.2 Å². The number of H-pyrrole nitrogens is 1. The monoisotopic (exact) mass is 582 g/mol. The van der Waals surface area contributed by atoms with E-state index in [9.17, 15) is 9.59 Å². The van der Waals surface area contributed by atoms with Crippen LogP contribution in [0.5, 0.6) is 0 Å². The third-order valence-corrected chi connectivity index (χ3v) is 7.44. The summed E-state index contributed by atoms with van der Waals surface area (Å²) in [4.78, 5) is 33.0. The van der Waals surface area contributed by atoms with Crippen molar-refractivity contribution in [3.05, 3.63) is 122 Å². The molecule has 6 aromatic rings. The Hall–Kier alpha value is -4.76. The minimum absolute atomic E-state index is 0. The van der Waals surface area contributed by atoms with Gasteiger partial charge < -0.3 is 0 Å². The van der Waals surface area contributed by atoms with Crippen molar-refractivity contribution in [2.24, 2.45) is 7.05 Å². The predicted molar refractivity (Wildman–Crippen MR) is 165 cm³/mol. The Morgan fingerprint density at radius 3 is 2.33 bits per heavy atom. The zero-order chi connectivity index (χ0) is 28.5. The minimum atomic E-state index is -0.596. The molecule has 0 aliphatic rings. The fourth-order valence-electron chi connectivity index (χ4n) is 5.41. The first-order chi connectivity index (χ1) is 19.9. The molecule has 3 aromatic heterocycles. The summed E-state index contributed by atoms with van der Waals surface area (Å²) < 4.78 is 8.31. The lowest BCUT2D eigenvalue weighted by atomic mass is 9.96. The topological polar surface area (TPSA) is 112 Å². The summed E-state index contributed by atoms with van der Waals surface area (Å²) in [7, 11) is 1.92. The van der Waals surface area contributed by atoms with Gasteiger partial charge in [0.25, 0.3) is 5.56 Å². The molecule has 0 aliphatic heterocycles. The fourth-order valence-corrected chi connectivity index (χ4v) is 5.41. The van der Waals surface area contributed by atoms with Gasteiger partial charge in [-0.15, -0.1) is 12.4 Å². The van der Waals surface area contributed by atoms with E-state index in [0.29, 0.717) is 30.2 Å². The number of fused-ring (bicyclic) bond motifs is 1. The largest absolute Gasteiger partial charge is 0.439 e. The molecule has 1 N–H and O–H groups in total. The Balaban J connectivity index is 0.00000353. The molecule has 0 atom stereocenters. The summed E-state index contributed by atoms with van der Waals surface area (Å²) in [6.45, 7) is 4.35. The maximum atomic E-state index is 14.0. The smallest absolute Gasteiger partial charge is 0.296 e. The van der Waals surface area contributed by atoms with Crippen molar-refractivity contribution in [3.8, 4) is 22.5 Å². The SMILES string of the molecule is CCCc1nc(C)n(Cc2nn(C)c3ccccc23)c(=O)c1Cc1ccc(-c2ccccc2-c2noc(=O)[nH]2)cc1.Cl. The van der Waals surface area contributed by atoms with Gasteiger partial charge in [0.1, 0.15) is 5.82 Å². The minimum Gasteiger partial charge on any atom is -0.296 e. The number of aromatic nitrogens is 6. The number of benzene rings is 3. The van der Waals surface area contributed by atoms with Crippen LogP contribution in [-0.2, 0) is 26.4 Å². The van der Waals surface area contributed by atoms with Crippen LogP contribution in [0.1, 0.15) is 41.7 Å². The van der Waals surface area contributed by atoms with Gasteiger partial charge in [-0.05, 0) is 36.1 Å². The molecule has 9 nitrogen and oxygen atoms in total. The molecule has 42 heavy (non-hydrogen) atoms. The molecule has 0 radical (unpaired) electrons. The van der Waals surface area contributed by atoms with Crippen molar-refractivity contribution in [1.82, 2.24) is 29.5 Å². The van der Waals surface area contributed by atoms with Crippen molar-refractivity contribution >= 4 is 23.3 Å². The number of hydrogen-bond acceptors (Lipinski definition) is 6. The number of hydrogen-bond donors (Lipinski definition) is 1. The highest BCUT2D eigenvalue weighted by molar-refractivity contribution is 5.85. The molecule has 0 unspecified atom stereocenters. The number of aryl methyl sites for hydroxylation is 3. The van der Waals surface area contributed by atoms with E-state index in [2.05, 4.69) is 17.1 Å². The van der Waals surface area contributed by atoms with Crippen LogP contribution in [0.4, 0.5) is 0 Å². The summed E-state index contributed by atoms with van der Waals surface area (Å²) in [6, 6.07) is 23.8. The van der Waals surface area contributed by atoms with Crippen LogP contribution in [0.15, 0.2) is 86.9 Å². The third kappa shape index (κ3) is 5.43. The van der Waals surface area contributed by atoms with Gasteiger partial charge in [0, 0.05) is 30.0 Å². The van der Waals surface area contributed by atoms with Crippen LogP contribution >= 0.6 is 12.4 Å². The molecule has 3 heterocycles. The van der Waals surface area contributed by atoms with E-state index in [4.69, 9.17) is 14.6 Å². The average molecular weight is 583 g/mol. The van der Waals surface area contributed by atoms with Crippen molar-refractivity contribution in [2.75, 3.05) is 0 Å². The first-order valence-electron chi connectivity index (χ1n) is 13.7. The number of nitrogens with one attached hydrogen (secondary N) is 1. The van der Waals surface area contributed by atoms with Gasteiger partial charge >= 0.3 is 5.76 Å². The molecule has 6 rings (SSSR count). The molecule has 0 aliphatic carbocycles. The molecule has 214 valence electrons. The highest BCUT2D eigenvalue weighted by Gasteiger charge is 2.18. The quantitative estimate of drug-likeness (QED) is 0.255. The number of para-hydroxylation sites is 1. The molecule has 3 aromatic carbocycles. The third-order valence-electron chi connectivity index (χ3n) is 7.44. The molecule has 10 heteroatoms. The van der Waals surface area contributed by atoms with Gasteiger partial charge in [-0.2, -0.15) is 5.10 Å². The van der Waals surface area contributed by atoms with Crippen LogP contribution in [-0.4, -0.2) is 29.5 Å². The van der Waals surface area contributed by atoms with Gasteiger partial charge in [0.2, 0.25) is 0 Å². The molecular formula is C32H31ClN6O3. The van der Waals surface area contributed by atoms with E-state index >= 15 is 0 Å². The Morgan fingerprint density at radius 1 is 0.905 bits per heavy atom. The van der Waals surface area contributed by atoms with Gasteiger partial charge in [-0.3, -0.25) is 23.6 Å². The Labute approximate surface area is 248 Å². The van der Waals surface area contributed by atoms with Crippen molar-refractivity contribution in [3.63, 3.8) is 0 Å². The highest BCUT2D eigenvalue weighted by atomic mass is 35.5. The van der Waals surface area contributed by atoms with Gasteiger partial charge in [-0.25, -0.2) is 9.78 Å². The van der Waals surface area contributed by atoms with Crippen molar-refractivity contribution in [1.29, 1.82) is 0 Å². The number of halogens is 1. The van der Waals surface area contributed by atoms with Crippen LogP contribution in [0.3, 0.4) is 0 Å². The van der Waals surface area contributed by atoms with Crippen LogP contribution in [0, 0.1) is 6.92 Å². The van der Waals surface area contributed by atoms with E-state index in [1.165, 1.54) is 0 Å². The molecule has 0 fully saturated rings. The van der Waals surface area contributed by atoms with E-state index in [1.807, 2.05) is 91.4 Å². The second-order valence-corrected chi connectivity index (χ2v) is 10.2. The van der Waals surface area contributed by atoms with E-state index in [1.54, 1.807) is 4.57 Å². The Bertz CT molecular complexity index is 1980. The van der Waals surface area contributed by atoms with E-state index in [-0.39, 0.29) is 18.0 Å². The molecule has 0 spiro atoms. The first-order valence-corrected chi connectivity index (χ1v) is 13.7. The van der Waals surface area contributed by atoms with E-state index in [0.717, 1.165) is 57.4 Å². The lowest BCUT2D eigenvalue weighted by molar-refractivity contribution is 0.388. The predicted octanol–water partition coefficient (Wildman–Crippen LogP) is 5.46. The van der Waals surface area contributed by atoms with Crippen LogP contribution in [0.2, 0.25) is 0 Å². The molecule has 0 saturated heterocycles.